The predicted molar refractivity (Wildman–Crippen MR) is 84.9 cm³/mol. The molecule has 0 saturated heterocycles. The Bertz CT molecular complexity index is 834. The first-order valence-electron chi connectivity index (χ1n) is 7.09. The van der Waals surface area contributed by atoms with Gasteiger partial charge < -0.3 is 14.2 Å². The second kappa shape index (κ2) is 6.23. The van der Waals surface area contributed by atoms with Crippen molar-refractivity contribution in [2.24, 2.45) is 0 Å². The molecule has 1 N–H and O–H groups in total. The second-order valence-corrected chi connectivity index (χ2v) is 5.87. The van der Waals surface area contributed by atoms with E-state index < -0.39 is 0 Å². The van der Waals surface area contributed by atoms with E-state index in [0.29, 0.717) is 13.2 Å². The molecule has 0 fully saturated rings. The summed E-state index contributed by atoms with van der Waals surface area (Å²) in [5, 5.41) is 11.0. The maximum absolute atomic E-state index is 11.5. The Labute approximate surface area is 131 Å². The van der Waals surface area contributed by atoms with Gasteiger partial charge in [0.25, 0.3) is 0 Å². The van der Waals surface area contributed by atoms with Crippen LogP contribution < -0.4 is 9.61 Å². The highest BCUT2D eigenvalue weighted by Gasteiger charge is 2.06. The summed E-state index contributed by atoms with van der Waals surface area (Å²) in [5.41, 5.74) is 1.76. The van der Waals surface area contributed by atoms with Crippen molar-refractivity contribution in [3.05, 3.63) is 45.3 Å². The maximum Gasteiger partial charge on any atom is 0.309 e. The Balaban J connectivity index is 1.53. The van der Waals surface area contributed by atoms with Crippen molar-refractivity contribution in [3.8, 4) is 11.6 Å². The summed E-state index contributed by atoms with van der Waals surface area (Å²) in [4.78, 5) is 15.8. The van der Waals surface area contributed by atoms with Crippen LogP contribution >= 0.6 is 11.3 Å². The lowest BCUT2D eigenvalue weighted by Crippen LogP contribution is -2.13. The number of ether oxygens (including phenoxy) is 1. The van der Waals surface area contributed by atoms with Crippen LogP contribution in [0.2, 0.25) is 0 Å². The fraction of sp³-hybridized carbons (Fsp3) is 0.333. The largest absolute Gasteiger partial charge is 0.494 e. The molecule has 6 nitrogen and oxygen atoms in total. The predicted octanol–water partition coefficient (Wildman–Crippen LogP) is 2.43. The van der Waals surface area contributed by atoms with E-state index in [4.69, 9.17) is 4.74 Å². The molecule has 0 aliphatic carbocycles. The Morgan fingerprint density at radius 2 is 2.27 bits per heavy atom. The fourth-order valence-corrected chi connectivity index (χ4v) is 2.95. The molecular weight excluding hydrogens is 302 g/mol. The van der Waals surface area contributed by atoms with Crippen molar-refractivity contribution in [2.45, 2.75) is 26.3 Å². The van der Waals surface area contributed by atoms with Crippen molar-refractivity contribution >= 4 is 17.0 Å². The van der Waals surface area contributed by atoms with Crippen LogP contribution in [-0.2, 0) is 6.54 Å². The number of nitrogens with zero attached hydrogens (tertiary/aromatic N) is 3. The number of pyridine rings is 1. The molecule has 3 rings (SSSR count). The van der Waals surface area contributed by atoms with Crippen molar-refractivity contribution in [1.82, 2.24) is 14.0 Å². The van der Waals surface area contributed by atoms with Gasteiger partial charge >= 0.3 is 4.87 Å². The second-order valence-electron chi connectivity index (χ2n) is 5.05. The van der Waals surface area contributed by atoms with Gasteiger partial charge in [0.1, 0.15) is 0 Å². The highest BCUT2D eigenvalue weighted by atomic mass is 32.1. The first-order valence-corrected chi connectivity index (χ1v) is 7.97. The average molecular weight is 319 g/mol. The van der Waals surface area contributed by atoms with Crippen LogP contribution in [0.15, 0.2) is 34.7 Å². The van der Waals surface area contributed by atoms with Crippen LogP contribution in [0.1, 0.15) is 18.5 Å². The molecule has 0 unspecified atom stereocenters. The summed E-state index contributed by atoms with van der Waals surface area (Å²) in [7, 11) is 0. The van der Waals surface area contributed by atoms with Gasteiger partial charge in [0.15, 0.2) is 11.4 Å². The minimum atomic E-state index is -0.129. The molecule has 0 saturated carbocycles. The number of unbranched alkanes of at least 4 members (excludes halogenated alkanes) is 1. The van der Waals surface area contributed by atoms with Crippen LogP contribution in [0.3, 0.4) is 0 Å². The molecule has 22 heavy (non-hydrogen) atoms. The Kier molecular flexibility index (Phi) is 4.15. The van der Waals surface area contributed by atoms with Gasteiger partial charge in [0, 0.05) is 18.9 Å². The molecule has 0 bridgehead atoms. The van der Waals surface area contributed by atoms with Crippen LogP contribution in [0.4, 0.5) is 0 Å². The van der Waals surface area contributed by atoms with E-state index in [9.17, 15) is 9.90 Å². The Morgan fingerprint density at radius 3 is 3.05 bits per heavy atom. The zero-order valence-electron chi connectivity index (χ0n) is 12.2. The standard InChI is InChI=1S/C15H17N3O3S/c1-11-9-17-6-4-5-12(14(17)16-11)21-8-3-2-7-18-13(19)10-22-15(18)20/h4-6,9-10,19H,2-3,7-8H2,1H3. The lowest BCUT2D eigenvalue weighted by molar-refractivity contribution is 0.302. The third-order valence-electron chi connectivity index (χ3n) is 3.36. The molecule has 7 heteroatoms. The molecule has 0 aromatic carbocycles. The maximum atomic E-state index is 11.5. The third kappa shape index (κ3) is 2.99. The summed E-state index contributed by atoms with van der Waals surface area (Å²) in [6.45, 7) is 3.00. The lowest BCUT2D eigenvalue weighted by Gasteiger charge is -2.07. The SMILES string of the molecule is Cc1cn2cccc(OCCCCn3c(O)csc3=O)c2n1. The van der Waals surface area contributed by atoms with Gasteiger partial charge in [-0.3, -0.25) is 9.36 Å². The van der Waals surface area contributed by atoms with Gasteiger partial charge in [0.05, 0.1) is 17.7 Å². The monoisotopic (exact) mass is 319 g/mol. The number of aromatic nitrogens is 3. The van der Waals surface area contributed by atoms with Gasteiger partial charge in [-0.1, -0.05) is 11.3 Å². The van der Waals surface area contributed by atoms with Crippen molar-refractivity contribution in [3.63, 3.8) is 0 Å². The zero-order valence-corrected chi connectivity index (χ0v) is 13.0. The van der Waals surface area contributed by atoms with Gasteiger partial charge in [-0.2, -0.15) is 0 Å². The number of fused-ring (bicyclic) bond motifs is 1. The molecule has 0 aliphatic heterocycles. The van der Waals surface area contributed by atoms with Crippen LogP contribution in [0, 0.1) is 6.92 Å². The van der Waals surface area contributed by atoms with Crippen LogP contribution in [0.25, 0.3) is 5.65 Å². The van der Waals surface area contributed by atoms with E-state index in [1.54, 1.807) is 0 Å². The Hall–Kier alpha value is -2.28. The van der Waals surface area contributed by atoms with E-state index in [1.165, 1.54) is 9.95 Å². The number of hydrogen-bond donors (Lipinski definition) is 1. The zero-order chi connectivity index (χ0) is 15.5. The minimum absolute atomic E-state index is 0.0357. The minimum Gasteiger partial charge on any atom is -0.494 e. The summed E-state index contributed by atoms with van der Waals surface area (Å²) in [5.74, 6) is 0.791. The molecule has 0 radical (unpaired) electrons. The smallest absolute Gasteiger partial charge is 0.309 e. The van der Waals surface area contributed by atoms with E-state index >= 15 is 0 Å². The molecule has 3 aromatic rings. The van der Waals surface area contributed by atoms with Crippen LogP contribution in [-0.4, -0.2) is 25.7 Å². The summed E-state index contributed by atoms with van der Waals surface area (Å²) >= 11 is 1.01. The highest BCUT2D eigenvalue weighted by Crippen LogP contribution is 2.19. The van der Waals surface area contributed by atoms with Gasteiger partial charge in [0.2, 0.25) is 5.88 Å². The number of thiazole rings is 1. The van der Waals surface area contributed by atoms with Gasteiger partial charge in [-0.25, -0.2) is 4.98 Å². The number of aryl methyl sites for hydroxylation is 1. The molecular formula is C15H17N3O3S. The molecule has 0 aliphatic rings. The average Bonchev–Trinajstić information content (AvgIpc) is 3.02. The molecule has 3 aromatic heterocycles. The summed E-state index contributed by atoms with van der Waals surface area (Å²) in [6, 6.07) is 3.82. The van der Waals surface area contributed by atoms with Gasteiger partial charge in [-0.15, -0.1) is 0 Å². The molecule has 116 valence electrons. The molecule has 0 spiro atoms. The third-order valence-corrected chi connectivity index (χ3v) is 4.11. The molecule has 0 amide bonds. The number of aromatic hydroxyl groups is 1. The molecule has 0 atom stereocenters. The fourth-order valence-electron chi connectivity index (χ4n) is 2.31. The normalized spacial score (nSPS) is 11.1. The van der Waals surface area contributed by atoms with Crippen LogP contribution in [0.5, 0.6) is 11.6 Å². The topological polar surface area (TPSA) is 68.8 Å². The highest BCUT2D eigenvalue weighted by molar-refractivity contribution is 7.07. The summed E-state index contributed by atoms with van der Waals surface area (Å²) in [6.07, 6.45) is 5.45. The quantitative estimate of drug-likeness (QED) is 0.709. The lowest BCUT2D eigenvalue weighted by atomic mass is 10.3. The first-order chi connectivity index (χ1) is 10.6. The van der Waals surface area contributed by atoms with E-state index in [2.05, 4.69) is 4.98 Å². The Morgan fingerprint density at radius 1 is 1.41 bits per heavy atom. The van der Waals surface area contributed by atoms with E-state index in [1.807, 2.05) is 35.9 Å². The number of hydrogen-bond acceptors (Lipinski definition) is 5. The first kappa shape index (κ1) is 14.6. The van der Waals surface area contributed by atoms with E-state index in [0.717, 1.165) is 41.3 Å². The van der Waals surface area contributed by atoms with Gasteiger partial charge in [-0.05, 0) is 31.9 Å². The summed E-state index contributed by atoms with van der Waals surface area (Å²) < 4.78 is 9.10. The van der Waals surface area contributed by atoms with Crippen molar-refractivity contribution < 1.29 is 9.84 Å². The number of imidazole rings is 1. The van der Waals surface area contributed by atoms with Crippen molar-refractivity contribution in [2.75, 3.05) is 6.61 Å². The van der Waals surface area contributed by atoms with Crippen molar-refractivity contribution in [1.29, 1.82) is 0 Å². The molecule has 3 heterocycles. The van der Waals surface area contributed by atoms with E-state index in [-0.39, 0.29) is 10.8 Å². The number of rotatable bonds is 6.